The van der Waals surface area contributed by atoms with E-state index >= 15 is 0 Å². The monoisotopic (exact) mass is 300 g/mol. The van der Waals surface area contributed by atoms with Gasteiger partial charge in [0.05, 0.1) is 28.9 Å². The van der Waals surface area contributed by atoms with Crippen molar-refractivity contribution in [2.45, 2.75) is 6.92 Å². The van der Waals surface area contributed by atoms with Crippen LogP contribution in [-0.2, 0) is 0 Å². The van der Waals surface area contributed by atoms with Crippen LogP contribution < -0.4 is 10.2 Å². The normalized spacial score (nSPS) is 10.8. The van der Waals surface area contributed by atoms with Gasteiger partial charge in [-0.3, -0.25) is 9.78 Å². The van der Waals surface area contributed by atoms with Gasteiger partial charge in [0.1, 0.15) is 5.75 Å². The first-order valence-corrected chi connectivity index (χ1v) is 6.81. The molecule has 2 aromatic heterocycles. The van der Waals surface area contributed by atoms with Gasteiger partial charge in [0.15, 0.2) is 5.43 Å². The number of halogens is 1. The number of aromatic nitrogens is 2. The van der Waals surface area contributed by atoms with Crippen molar-refractivity contribution >= 4 is 22.5 Å². The molecule has 0 saturated carbocycles. The molecule has 2 heterocycles. The SMILES string of the molecule is COc1cc2[nH]c(C)c(-c3ccccn3)c(=O)c2cc1Cl. The Labute approximate surface area is 126 Å². The molecule has 0 unspecified atom stereocenters. The van der Waals surface area contributed by atoms with Crippen LogP contribution in [0.25, 0.3) is 22.2 Å². The molecule has 0 saturated heterocycles. The van der Waals surface area contributed by atoms with E-state index < -0.39 is 0 Å². The number of aryl methyl sites for hydroxylation is 1. The van der Waals surface area contributed by atoms with Crippen LogP contribution in [0.3, 0.4) is 0 Å². The molecule has 0 atom stereocenters. The van der Waals surface area contributed by atoms with Gasteiger partial charge in [0.25, 0.3) is 0 Å². The minimum atomic E-state index is -0.0931. The van der Waals surface area contributed by atoms with Gasteiger partial charge >= 0.3 is 0 Å². The lowest BCUT2D eigenvalue weighted by atomic mass is 10.1. The molecule has 4 nitrogen and oxygen atoms in total. The lowest BCUT2D eigenvalue weighted by Gasteiger charge is -2.10. The van der Waals surface area contributed by atoms with Gasteiger partial charge in [0, 0.05) is 23.3 Å². The summed E-state index contributed by atoms with van der Waals surface area (Å²) in [7, 11) is 1.54. The molecule has 1 N–H and O–H groups in total. The quantitative estimate of drug-likeness (QED) is 0.787. The van der Waals surface area contributed by atoms with Gasteiger partial charge in [-0.1, -0.05) is 17.7 Å². The molecule has 1 aromatic carbocycles. The van der Waals surface area contributed by atoms with E-state index in [0.717, 1.165) is 5.69 Å². The molecule has 0 aliphatic carbocycles. The summed E-state index contributed by atoms with van der Waals surface area (Å²) < 4.78 is 5.18. The van der Waals surface area contributed by atoms with Crippen LogP contribution in [0.2, 0.25) is 5.02 Å². The molecule has 0 aliphatic rings. The fourth-order valence-electron chi connectivity index (χ4n) is 2.39. The molecular formula is C16H13ClN2O2. The molecule has 3 rings (SSSR count). The number of hydrogen-bond acceptors (Lipinski definition) is 3. The van der Waals surface area contributed by atoms with Crippen molar-refractivity contribution < 1.29 is 4.74 Å². The summed E-state index contributed by atoms with van der Waals surface area (Å²) in [6, 6.07) is 8.84. The van der Waals surface area contributed by atoms with E-state index in [1.54, 1.807) is 25.4 Å². The Balaban J connectivity index is 2.37. The minimum Gasteiger partial charge on any atom is -0.495 e. The number of aromatic amines is 1. The second-order valence-electron chi connectivity index (χ2n) is 4.70. The molecule has 0 fully saturated rings. The number of ether oxygens (including phenoxy) is 1. The second kappa shape index (κ2) is 5.22. The number of H-pyrrole nitrogens is 1. The number of rotatable bonds is 2. The van der Waals surface area contributed by atoms with Crippen LogP contribution >= 0.6 is 11.6 Å². The zero-order chi connectivity index (χ0) is 15.0. The highest BCUT2D eigenvalue weighted by Gasteiger charge is 2.14. The smallest absolute Gasteiger partial charge is 0.199 e. The average Bonchev–Trinajstić information content (AvgIpc) is 2.49. The molecule has 21 heavy (non-hydrogen) atoms. The Bertz CT molecular complexity index is 873. The van der Waals surface area contributed by atoms with E-state index in [1.807, 2.05) is 25.1 Å². The Morgan fingerprint density at radius 2 is 2.10 bits per heavy atom. The first-order chi connectivity index (χ1) is 10.1. The summed E-state index contributed by atoms with van der Waals surface area (Å²) in [5.74, 6) is 0.532. The molecule has 3 aromatic rings. The van der Waals surface area contributed by atoms with Crippen molar-refractivity contribution in [2.24, 2.45) is 0 Å². The summed E-state index contributed by atoms with van der Waals surface area (Å²) >= 11 is 6.12. The molecule has 0 bridgehead atoms. The number of benzene rings is 1. The third kappa shape index (κ3) is 2.28. The van der Waals surface area contributed by atoms with Crippen LogP contribution in [0.4, 0.5) is 0 Å². The van der Waals surface area contributed by atoms with Gasteiger partial charge in [-0.05, 0) is 25.1 Å². The van der Waals surface area contributed by atoms with Crippen LogP contribution in [0.5, 0.6) is 5.75 Å². The van der Waals surface area contributed by atoms with Crippen molar-refractivity contribution in [1.82, 2.24) is 9.97 Å². The van der Waals surface area contributed by atoms with E-state index in [4.69, 9.17) is 16.3 Å². The van der Waals surface area contributed by atoms with Crippen molar-refractivity contribution in [3.63, 3.8) is 0 Å². The summed E-state index contributed by atoms with van der Waals surface area (Å²) in [5.41, 5.74) is 2.56. The standard InChI is InChI=1S/C16H13ClN2O2/c1-9-15(12-5-3-4-6-18-12)16(20)10-7-11(17)14(21-2)8-13(10)19-9/h3-8H,1-2H3,(H,19,20). The van der Waals surface area contributed by atoms with E-state index in [9.17, 15) is 4.79 Å². The van der Waals surface area contributed by atoms with Crippen LogP contribution in [-0.4, -0.2) is 17.1 Å². The van der Waals surface area contributed by atoms with Gasteiger partial charge in [0.2, 0.25) is 0 Å². The molecule has 0 aliphatic heterocycles. The Morgan fingerprint density at radius 3 is 2.76 bits per heavy atom. The van der Waals surface area contributed by atoms with Crippen molar-refractivity contribution in [2.75, 3.05) is 7.11 Å². The Hall–Kier alpha value is -2.33. The van der Waals surface area contributed by atoms with Gasteiger partial charge in [-0.2, -0.15) is 0 Å². The number of hydrogen-bond donors (Lipinski definition) is 1. The maximum atomic E-state index is 12.7. The third-order valence-electron chi connectivity index (χ3n) is 3.38. The first kappa shape index (κ1) is 13.6. The van der Waals surface area contributed by atoms with Gasteiger partial charge in [-0.15, -0.1) is 0 Å². The van der Waals surface area contributed by atoms with E-state index in [1.165, 1.54) is 0 Å². The van der Waals surface area contributed by atoms with E-state index in [0.29, 0.717) is 32.9 Å². The highest BCUT2D eigenvalue weighted by Crippen LogP contribution is 2.29. The summed E-state index contributed by atoms with van der Waals surface area (Å²) in [6.07, 6.45) is 1.67. The number of pyridine rings is 2. The van der Waals surface area contributed by atoms with Gasteiger partial charge in [-0.25, -0.2) is 0 Å². The Morgan fingerprint density at radius 1 is 1.29 bits per heavy atom. The minimum absolute atomic E-state index is 0.0931. The fourth-order valence-corrected chi connectivity index (χ4v) is 2.63. The van der Waals surface area contributed by atoms with Gasteiger partial charge < -0.3 is 9.72 Å². The zero-order valence-electron chi connectivity index (χ0n) is 11.6. The number of fused-ring (bicyclic) bond motifs is 1. The van der Waals surface area contributed by atoms with Crippen molar-refractivity contribution in [3.05, 3.63) is 57.5 Å². The molecular weight excluding hydrogens is 288 g/mol. The molecule has 0 amide bonds. The van der Waals surface area contributed by atoms with Crippen molar-refractivity contribution in [1.29, 1.82) is 0 Å². The topological polar surface area (TPSA) is 55.0 Å². The molecule has 0 radical (unpaired) electrons. The second-order valence-corrected chi connectivity index (χ2v) is 5.11. The van der Waals surface area contributed by atoms with Crippen LogP contribution in [0, 0.1) is 6.92 Å². The summed E-state index contributed by atoms with van der Waals surface area (Å²) in [6.45, 7) is 1.85. The average molecular weight is 301 g/mol. The molecule has 106 valence electrons. The molecule has 5 heteroatoms. The number of nitrogens with one attached hydrogen (secondary N) is 1. The largest absolute Gasteiger partial charge is 0.495 e. The van der Waals surface area contributed by atoms with E-state index in [2.05, 4.69) is 9.97 Å². The molecule has 0 spiro atoms. The first-order valence-electron chi connectivity index (χ1n) is 6.43. The van der Waals surface area contributed by atoms with Crippen LogP contribution in [0.15, 0.2) is 41.3 Å². The fraction of sp³-hybridized carbons (Fsp3) is 0.125. The number of methoxy groups -OCH3 is 1. The predicted octanol–water partition coefficient (Wildman–Crippen LogP) is 3.56. The maximum Gasteiger partial charge on any atom is 0.199 e. The predicted molar refractivity (Wildman–Crippen MR) is 84.1 cm³/mol. The highest BCUT2D eigenvalue weighted by atomic mass is 35.5. The highest BCUT2D eigenvalue weighted by molar-refractivity contribution is 6.32. The third-order valence-corrected chi connectivity index (χ3v) is 3.68. The van der Waals surface area contributed by atoms with Crippen molar-refractivity contribution in [3.8, 4) is 17.0 Å². The lowest BCUT2D eigenvalue weighted by Crippen LogP contribution is -2.10. The zero-order valence-corrected chi connectivity index (χ0v) is 12.4. The summed E-state index contributed by atoms with van der Waals surface area (Å²) in [4.78, 5) is 20.2. The maximum absolute atomic E-state index is 12.7. The lowest BCUT2D eigenvalue weighted by molar-refractivity contribution is 0.415. The Kier molecular flexibility index (Phi) is 3.39. The summed E-state index contributed by atoms with van der Waals surface area (Å²) in [5, 5.41) is 0.929. The number of nitrogens with zero attached hydrogens (tertiary/aromatic N) is 1. The van der Waals surface area contributed by atoms with Crippen LogP contribution in [0.1, 0.15) is 5.69 Å². The van der Waals surface area contributed by atoms with E-state index in [-0.39, 0.29) is 5.43 Å².